The summed E-state index contributed by atoms with van der Waals surface area (Å²) in [4.78, 5) is 40.3. The van der Waals surface area contributed by atoms with Crippen molar-refractivity contribution in [3.05, 3.63) is 139 Å². The van der Waals surface area contributed by atoms with E-state index in [4.69, 9.17) is 5.10 Å². The molecule has 0 radical (unpaired) electrons. The lowest BCUT2D eigenvalue weighted by Crippen LogP contribution is -2.32. The molecule has 2 aromatic heterocycles. The maximum Gasteiger partial charge on any atom is 0.433 e. The number of fused-ring (bicyclic) bond motifs is 2. The zero-order valence-electron chi connectivity index (χ0n) is 27.8. The number of non-ortho nitro benzene ring substituents is 2. The van der Waals surface area contributed by atoms with E-state index in [1.165, 1.54) is 35.3 Å². The minimum atomic E-state index is -4.83. The predicted octanol–water partition coefficient (Wildman–Crippen LogP) is 8.79. The Morgan fingerprint density at radius 3 is 2.15 bits per heavy atom. The average Bonchev–Trinajstić information content (AvgIpc) is 3.74. The van der Waals surface area contributed by atoms with E-state index < -0.39 is 33.7 Å². The topological polar surface area (TPSA) is 149 Å². The van der Waals surface area contributed by atoms with Gasteiger partial charge in [0.05, 0.1) is 27.3 Å². The Balaban J connectivity index is 1.31. The number of rotatable bonds is 7. The van der Waals surface area contributed by atoms with E-state index in [0.717, 1.165) is 17.2 Å². The van der Waals surface area contributed by atoms with Gasteiger partial charge in [-0.05, 0) is 71.7 Å². The highest BCUT2D eigenvalue weighted by molar-refractivity contribution is 6.09. The molecule has 264 valence electrons. The Morgan fingerprint density at radius 2 is 1.56 bits per heavy atom. The second-order valence-corrected chi connectivity index (χ2v) is 13.0. The van der Waals surface area contributed by atoms with Crippen molar-refractivity contribution < 1.29 is 27.8 Å². The number of hydrogen-bond donors (Lipinski definition) is 0. The maximum absolute atomic E-state index is 14.5. The normalized spacial score (nSPS) is 18.2. The molecule has 2 unspecified atom stereocenters. The molecule has 0 N–H and O–H groups in total. The first-order valence-electron chi connectivity index (χ1n) is 16.5. The number of nitrogens with zero attached hydrogens (tertiary/aromatic N) is 7. The van der Waals surface area contributed by atoms with Gasteiger partial charge in [-0.1, -0.05) is 50.2 Å². The standard InChI is InChI=1S/C37H30F3N7O5/c1-21(2)23-8-10-24(11-9-23)30-19-32(37(38,39)40)44-33(41-30)20-31(42-44)36(48)45-35(25-12-16-28(17-13-25)47(51)52)29-5-3-4-26(34(29)43-45)18-22-6-14-27(15-7-22)46(49)50/h6-21,29,35H,3-5H2,1-2H3. The van der Waals surface area contributed by atoms with Crippen LogP contribution in [0.15, 0.2) is 95.6 Å². The van der Waals surface area contributed by atoms with Gasteiger partial charge in [0, 0.05) is 41.8 Å². The summed E-state index contributed by atoms with van der Waals surface area (Å²) in [5, 5.41) is 32.6. The van der Waals surface area contributed by atoms with Gasteiger partial charge in [-0.15, -0.1) is 0 Å². The first-order valence-corrected chi connectivity index (χ1v) is 16.5. The van der Waals surface area contributed by atoms with E-state index in [1.807, 2.05) is 32.1 Å². The number of halogens is 3. The number of hydrogen-bond acceptors (Lipinski definition) is 8. The quantitative estimate of drug-likeness (QED) is 0.121. The first kappa shape index (κ1) is 34.2. The van der Waals surface area contributed by atoms with E-state index >= 15 is 0 Å². The molecule has 1 amide bonds. The van der Waals surface area contributed by atoms with Gasteiger partial charge in [0.1, 0.15) is 0 Å². The third kappa shape index (κ3) is 6.40. The van der Waals surface area contributed by atoms with Crippen LogP contribution in [0.5, 0.6) is 0 Å². The lowest BCUT2D eigenvalue weighted by molar-refractivity contribution is -0.385. The molecule has 2 aliphatic rings. The number of carbonyl (C=O) groups excluding carboxylic acids is 1. The largest absolute Gasteiger partial charge is 0.433 e. The lowest BCUT2D eigenvalue weighted by atomic mass is 9.77. The molecule has 1 saturated carbocycles. The number of allylic oxidation sites excluding steroid dienone is 1. The van der Waals surface area contributed by atoms with Crippen molar-refractivity contribution in [1.82, 2.24) is 19.6 Å². The highest BCUT2D eigenvalue weighted by atomic mass is 19.4. The molecule has 3 heterocycles. The Kier molecular flexibility index (Phi) is 8.64. The number of benzene rings is 3. The third-order valence-corrected chi connectivity index (χ3v) is 9.41. The maximum atomic E-state index is 14.5. The van der Waals surface area contributed by atoms with Crippen LogP contribution in [0.3, 0.4) is 0 Å². The molecule has 12 nitrogen and oxygen atoms in total. The van der Waals surface area contributed by atoms with Crippen LogP contribution in [0.4, 0.5) is 24.5 Å². The molecule has 1 aliphatic carbocycles. The van der Waals surface area contributed by atoms with Crippen LogP contribution in [-0.4, -0.2) is 41.1 Å². The molecule has 3 aromatic carbocycles. The zero-order valence-corrected chi connectivity index (χ0v) is 27.8. The minimum absolute atomic E-state index is 0.0613. The number of alkyl halides is 3. The molecule has 2 atom stereocenters. The zero-order chi connectivity index (χ0) is 36.9. The average molecular weight is 710 g/mol. The van der Waals surface area contributed by atoms with Gasteiger partial charge in [-0.2, -0.15) is 23.4 Å². The van der Waals surface area contributed by atoms with Gasteiger partial charge in [0.2, 0.25) is 0 Å². The van der Waals surface area contributed by atoms with Crippen molar-refractivity contribution >= 4 is 34.7 Å². The van der Waals surface area contributed by atoms with Gasteiger partial charge < -0.3 is 0 Å². The van der Waals surface area contributed by atoms with Gasteiger partial charge >= 0.3 is 6.18 Å². The molecule has 0 spiro atoms. The van der Waals surface area contributed by atoms with Crippen LogP contribution in [0, 0.1) is 26.1 Å². The Hall–Kier alpha value is -6.25. The van der Waals surface area contributed by atoms with Gasteiger partial charge in [-0.25, -0.2) is 14.5 Å². The van der Waals surface area contributed by atoms with Crippen LogP contribution in [0.1, 0.15) is 77.9 Å². The molecular weight excluding hydrogens is 679 g/mol. The SMILES string of the molecule is CC(C)c1ccc(-c2cc(C(F)(F)F)n3nc(C(=O)N4N=C5C(=Cc6ccc([N+](=O)[O-])cc6)CCCC5C4c4ccc([N+](=O)[O-])cc4)cc3n2)cc1. The number of carbonyl (C=O) groups is 1. The van der Waals surface area contributed by atoms with Crippen molar-refractivity contribution in [1.29, 1.82) is 0 Å². The number of nitro benzene ring substituents is 2. The highest BCUT2D eigenvalue weighted by Crippen LogP contribution is 2.45. The second kappa shape index (κ2) is 13.1. The summed E-state index contributed by atoms with van der Waals surface area (Å²) in [6.07, 6.45) is -1.08. The molecule has 5 aromatic rings. The molecule has 1 fully saturated rings. The van der Waals surface area contributed by atoms with Crippen molar-refractivity contribution in [2.45, 2.75) is 51.2 Å². The number of aromatic nitrogens is 3. The Labute approximate surface area is 294 Å². The summed E-state index contributed by atoms with van der Waals surface area (Å²) in [6.45, 7) is 4.02. The molecule has 15 heteroatoms. The van der Waals surface area contributed by atoms with Crippen molar-refractivity contribution in [2.75, 3.05) is 0 Å². The van der Waals surface area contributed by atoms with Crippen LogP contribution >= 0.6 is 0 Å². The molecule has 0 saturated heterocycles. The molecule has 1 aliphatic heterocycles. The number of nitro groups is 2. The summed E-state index contributed by atoms with van der Waals surface area (Å²) in [6, 6.07) is 20.1. The summed E-state index contributed by atoms with van der Waals surface area (Å²) in [7, 11) is 0. The second-order valence-electron chi connectivity index (χ2n) is 13.0. The summed E-state index contributed by atoms with van der Waals surface area (Å²) in [5.74, 6) is -0.911. The van der Waals surface area contributed by atoms with E-state index in [9.17, 15) is 38.2 Å². The van der Waals surface area contributed by atoms with Gasteiger partial charge in [0.15, 0.2) is 17.0 Å². The van der Waals surface area contributed by atoms with E-state index in [-0.39, 0.29) is 40.2 Å². The van der Waals surface area contributed by atoms with Crippen molar-refractivity contribution in [3.8, 4) is 11.3 Å². The van der Waals surface area contributed by atoms with Crippen LogP contribution in [0.25, 0.3) is 23.0 Å². The number of hydrazone groups is 1. The lowest BCUT2D eigenvalue weighted by Gasteiger charge is -2.29. The predicted molar refractivity (Wildman–Crippen MR) is 185 cm³/mol. The first-order chi connectivity index (χ1) is 24.8. The summed E-state index contributed by atoms with van der Waals surface area (Å²) >= 11 is 0. The smallest absolute Gasteiger partial charge is 0.265 e. The summed E-state index contributed by atoms with van der Waals surface area (Å²) < 4.78 is 44.0. The Bertz CT molecular complexity index is 2280. The monoisotopic (exact) mass is 709 g/mol. The third-order valence-electron chi connectivity index (χ3n) is 9.41. The fourth-order valence-corrected chi connectivity index (χ4v) is 6.77. The fourth-order valence-electron chi connectivity index (χ4n) is 6.77. The highest BCUT2D eigenvalue weighted by Gasteiger charge is 2.45. The van der Waals surface area contributed by atoms with Crippen LogP contribution in [0.2, 0.25) is 0 Å². The van der Waals surface area contributed by atoms with Crippen molar-refractivity contribution in [2.24, 2.45) is 11.0 Å². The van der Waals surface area contributed by atoms with Gasteiger partial charge in [0.25, 0.3) is 17.3 Å². The summed E-state index contributed by atoms with van der Waals surface area (Å²) in [5.41, 5.74) is 2.30. The molecule has 7 rings (SSSR count). The van der Waals surface area contributed by atoms with Crippen LogP contribution < -0.4 is 0 Å². The van der Waals surface area contributed by atoms with Gasteiger partial charge in [-0.3, -0.25) is 25.0 Å². The molecular formula is C37H30F3N7O5. The van der Waals surface area contributed by atoms with E-state index in [1.54, 1.807) is 36.4 Å². The van der Waals surface area contributed by atoms with E-state index in [0.29, 0.717) is 46.2 Å². The Morgan fingerprint density at radius 1 is 0.923 bits per heavy atom. The fraction of sp³-hybridized carbons (Fsp3) is 0.243. The molecule has 52 heavy (non-hydrogen) atoms. The van der Waals surface area contributed by atoms with Crippen LogP contribution in [-0.2, 0) is 6.18 Å². The van der Waals surface area contributed by atoms with E-state index in [2.05, 4.69) is 10.1 Å². The molecule has 0 bridgehead atoms. The number of amides is 1. The minimum Gasteiger partial charge on any atom is -0.265 e. The van der Waals surface area contributed by atoms with Crippen molar-refractivity contribution in [3.63, 3.8) is 0 Å².